The van der Waals surface area contributed by atoms with Crippen LogP contribution in [0.3, 0.4) is 0 Å². The van der Waals surface area contributed by atoms with Crippen molar-refractivity contribution >= 4 is 5.82 Å². The van der Waals surface area contributed by atoms with Crippen LogP contribution < -0.4 is 5.73 Å². The van der Waals surface area contributed by atoms with Gasteiger partial charge in [0.2, 0.25) is 0 Å². The summed E-state index contributed by atoms with van der Waals surface area (Å²) in [5.41, 5.74) is 6.37. The van der Waals surface area contributed by atoms with Gasteiger partial charge >= 0.3 is 6.18 Å². The van der Waals surface area contributed by atoms with Crippen molar-refractivity contribution in [1.82, 2.24) is 9.78 Å². The third-order valence-electron chi connectivity index (χ3n) is 1.92. The van der Waals surface area contributed by atoms with E-state index in [1.54, 1.807) is 10.9 Å². The Morgan fingerprint density at radius 2 is 2.19 bits per heavy atom. The van der Waals surface area contributed by atoms with Gasteiger partial charge in [0.25, 0.3) is 0 Å². The summed E-state index contributed by atoms with van der Waals surface area (Å²) in [5.74, 6) is 0.441. The van der Waals surface area contributed by atoms with Crippen LogP contribution in [0.25, 0.3) is 0 Å². The Hall–Kier alpha value is -1.24. The molecule has 0 aliphatic rings. The fourth-order valence-electron chi connectivity index (χ4n) is 1.17. The maximum atomic E-state index is 11.7. The molecule has 0 aromatic carbocycles. The Balaban J connectivity index is 2.16. The van der Waals surface area contributed by atoms with Crippen LogP contribution in [0.15, 0.2) is 6.20 Å². The van der Waals surface area contributed by atoms with Crippen LogP contribution in [0.2, 0.25) is 0 Å². The first-order valence-corrected chi connectivity index (χ1v) is 4.82. The Labute approximate surface area is 91.2 Å². The van der Waals surface area contributed by atoms with E-state index in [-0.39, 0.29) is 6.61 Å². The fourth-order valence-corrected chi connectivity index (χ4v) is 1.17. The standard InChI is InChI=1S/C9H14F3N3O/c1-7-5-15(14-8(7)13)3-2-4-16-6-9(10,11)12/h5H,2-4,6H2,1H3,(H2,13,14). The van der Waals surface area contributed by atoms with Crippen molar-refractivity contribution in [3.05, 3.63) is 11.8 Å². The highest BCUT2D eigenvalue weighted by molar-refractivity contribution is 5.35. The van der Waals surface area contributed by atoms with Gasteiger partial charge in [-0.2, -0.15) is 18.3 Å². The van der Waals surface area contributed by atoms with Crippen LogP contribution in [0.5, 0.6) is 0 Å². The van der Waals surface area contributed by atoms with Crippen molar-refractivity contribution in [2.75, 3.05) is 18.9 Å². The minimum Gasteiger partial charge on any atom is -0.382 e. The maximum absolute atomic E-state index is 11.7. The quantitative estimate of drug-likeness (QED) is 0.793. The summed E-state index contributed by atoms with van der Waals surface area (Å²) in [6, 6.07) is 0. The molecule has 2 N–H and O–H groups in total. The Morgan fingerprint density at radius 1 is 1.50 bits per heavy atom. The molecule has 0 unspecified atom stereocenters. The molecular formula is C9H14F3N3O. The number of halogens is 3. The van der Waals surface area contributed by atoms with Crippen LogP contribution in [0.1, 0.15) is 12.0 Å². The molecule has 1 aromatic heterocycles. The lowest BCUT2D eigenvalue weighted by Crippen LogP contribution is -2.17. The van der Waals surface area contributed by atoms with Gasteiger partial charge < -0.3 is 10.5 Å². The van der Waals surface area contributed by atoms with E-state index in [0.717, 1.165) is 5.56 Å². The number of nitrogen functional groups attached to an aromatic ring is 1. The van der Waals surface area contributed by atoms with Crippen molar-refractivity contribution in [2.24, 2.45) is 0 Å². The van der Waals surface area contributed by atoms with E-state index in [9.17, 15) is 13.2 Å². The van der Waals surface area contributed by atoms with Crippen molar-refractivity contribution in [1.29, 1.82) is 0 Å². The second kappa shape index (κ2) is 5.20. The smallest absolute Gasteiger partial charge is 0.382 e. The predicted octanol–water partition coefficient (Wildman–Crippen LogP) is 1.74. The summed E-state index contributed by atoms with van der Waals surface area (Å²) in [6.45, 7) is 1.17. The second-order valence-electron chi connectivity index (χ2n) is 3.48. The number of aromatic nitrogens is 2. The molecule has 92 valence electrons. The number of hydrogen-bond acceptors (Lipinski definition) is 3. The zero-order chi connectivity index (χ0) is 12.2. The molecule has 0 fully saturated rings. The number of anilines is 1. The number of nitrogens with two attached hydrogens (primary N) is 1. The third kappa shape index (κ3) is 4.52. The van der Waals surface area contributed by atoms with Crippen molar-refractivity contribution in [2.45, 2.75) is 26.1 Å². The lowest BCUT2D eigenvalue weighted by molar-refractivity contribution is -0.174. The van der Waals surface area contributed by atoms with Gasteiger partial charge in [0.1, 0.15) is 12.4 Å². The first-order valence-electron chi connectivity index (χ1n) is 4.82. The molecule has 1 heterocycles. The van der Waals surface area contributed by atoms with Gasteiger partial charge in [-0.05, 0) is 13.3 Å². The SMILES string of the molecule is Cc1cn(CCCOCC(F)(F)F)nc1N. The van der Waals surface area contributed by atoms with Gasteiger partial charge in [-0.1, -0.05) is 0 Å². The van der Waals surface area contributed by atoms with Gasteiger partial charge in [-0.15, -0.1) is 0 Å². The minimum absolute atomic E-state index is 0.0539. The van der Waals surface area contributed by atoms with Gasteiger partial charge in [0.05, 0.1) is 0 Å². The summed E-state index contributed by atoms with van der Waals surface area (Å²) >= 11 is 0. The van der Waals surface area contributed by atoms with Crippen LogP contribution in [0, 0.1) is 6.92 Å². The molecule has 0 saturated carbocycles. The first-order chi connectivity index (χ1) is 7.38. The molecule has 0 aliphatic heterocycles. The lowest BCUT2D eigenvalue weighted by Gasteiger charge is -2.07. The van der Waals surface area contributed by atoms with Gasteiger partial charge in [0, 0.05) is 24.9 Å². The molecule has 4 nitrogen and oxygen atoms in total. The molecule has 0 saturated heterocycles. The van der Waals surface area contributed by atoms with Gasteiger partial charge in [-0.3, -0.25) is 4.68 Å². The first kappa shape index (κ1) is 12.8. The zero-order valence-corrected chi connectivity index (χ0v) is 8.92. The van der Waals surface area contributed by atoms with E-state index in [2.05, 4.69) is 9.84 Å². The normalized spacial score (nSPS) is 12.0. The van der Waals surface area contributed by atoms with Crippen molar-refractivity contribution < 1.29 is 17.9 Å². The molecule has 0 spiro atoms. The van der Waals surface area contributed by atoms with Crippen molar-refractivity contribution in [3.8, 4) is 0 Å². The lowest BCUT2D eigenvalue weighted by atomic mass is 10.4. The second-order valence-corrected chi connectivity index (χ2v) is 3.48. The van der Waals surface area contributed by atoms with E-state index >= 15 is 0 Å². The Kier molecular flexibility index (Phi) is 4.17. The van der Waals surface area contributed by atoms with Gasteiger partial charge in [-0.25, -0.2) is 0 Å². The van der Waals surface area contributed by atoms with E-state index < -0.39 is 12.8 Å². The monoisotopic (exact) mass is 237 g/mol. The molecule has 1 aromatic rings. The fraction of sp³-hybridized carbons (Fsp3) is 0.667. The highest BCUT2D eigenvalue weighted by atomic mass is 19.4. The molecule has 0 radical (unpaired) electrons. The Morgan fingerprint density at radius 3 is 2.69 bits per heavy atom. The highest BCUT2D eigenvalue weighted by Gasteiger charge is 2.27. The summed E-state index contributed by atoms with van der Waals surface area (Å²) in [7, 11) is 0. The Bertz CT molecular complexity index is 316. The number of ether oxygens (including phenoxy) is 1. The molecular weight excluding hydrogens is 223 g/mol. The number of rotatable bonds is 5. The predicted molar refractivity (Wildman–Crippen MR) is 52.9 cm³/mol. The summed E-state index contributed by atoms with van der Waals surface area (Å²) in [6.07, 6.45) is -2.04. The van der Waals surface area contributed by atoms with Crippen LogP contribution in [-0.4, -0.2) is 29.2 Å². The number of aryl methyl sites for hydroxylation is 2. The number of hydrogen-bond donors (Lipinski definition) is 1. The van der Waals surface area contributed by atoms with Crippen molar-refractivity contribution in [3.63, 3.8) is 0 Å². The van der Waals surface area contributed by atoms with Crippen LogP contribution in [-0.2, 0) is 11.3 Å². The molecule has 0 amide bonds. The van der Waals surface area contributed by atoms with E-state index in [1.165, 1.54) is 0 Å². The maximum Gasteiger partial charge on any atom is 0.411 e. The molecule has 0 atom stereocenters. The summed E-state index contributed by atoms with van der Waals surface area (Å²) < 4.78 is 41.2. The summed E-state index contributed by atoms with van der Waals surface area (Å²) in [4.78, 5) is 0. The van der Waals surface area contributed by atoms with E-state index in [1.807, 2.05) is 6.92 Å². The zero-order valence-electron chi connectivity index (χ0n) is 8.92. The molecule has 1 rings (SSSR count). The minimum atomic E-state index is -4.26. The number of alkyl halides is 3. The van der Waals surface area contributed by atoms with Gasteiger partial charge in [0.15, 0.2) is 0 Å². The molecule has 0 bridgehead atoms. The van der Waals surface area contributed by atoms with E-state index in [0.29, 0.717) is 18.8 Å². The number of nitrogens with zero attached hydrogens (tertiary/aromatic N) is 2. The van der Waals surface area contributed by atoms with Crippen LogP contribution in [0.4, 0.5) is 19.0 Å². The average Bonchev–Trinajstić information content (AvgIpc) is 2.44. The third-order valence-corrected chi connectivity index (χ3v) is 1.92. The van der Waals surface area contributed by atoms with Crippen LogP contribution >= 0.6 is 0 Å². The highest BCUT2D eigenvalue weighted by Crippen LogP contribution is 2.14. The van der Waals surface area contributed by atoms with E-state index in [4.69, 9.17) is 5.73 Å². The molecule has 7 heteroatoms. The summed E-state index contributed by atoms with van der Waals surface area (Å²) in [5, 5.41) is 3.97. The largest absolute Gasteiger partial charge is 0.411 e. The molecule has 0 aliphatic carbocycles. The topological polar surface area (TPSA) is 53.1 Å². The molecule has 16 heavy (non-hydrogen) atoms. The average molecular weight is 237 g/mol.